The van der Waals surface area contributed by atoms with Gasteiger partial charge in [-0.3, -0.25) is 0 Å². The fourth-order valence-electron chi connectivity index (χ4n) is 1.94. The van der Waals surface area contributed by atoms with Crippen LogP contribution in [0.2, 0.25) is 0 Å². The van der Waals surface area contributed by atoms with E-state index in [0.717, 1.165) is 38.2 Å². The molecule has 0 aliphatic carbocycles. The lowest BCUT2D eigenvalue weighted by Gasteiger charge is -2.21. The van der Waals surface area contributed by atoms with E-state index >= 15 is 0 Å². The maximum Gasteiger partial charge on any atom is 0.335 e. The van der Waals surface area contributed by atoms with Gasteiger partial charge in [-0.15, -0.1) is 0 Å². The summed E-state index contributed by atoms with van der Waals surface area (Å²) < 4.78 is 9.98. The van der Waals surface area contributed by atoms with E-state index in [-0.39, 0.29) is 5.97 Å². The second-order valence-corrected chi connectivity index (χ2v) is 3.65. The average molecular weight is 197 g/mol. The number of carbonyl (C=O) groups is 1. The van der Waals surface area contributed by atoms with Crippen LogP contribution in [0.3, 0.4) is 0 Å². The Bertz CT molecular complexity index is 256. The summed E-state index contributed by atoms with van der Waals surface area (Å²) in [4.78, 5) is 13.4. The van der Waals surface area contributed by atoms with Crippen LogP contribution in [0.5, 0.6) is 0 Å². The molecule has 0 aromatic carbocycles. The maximum absolute atomic E-state index is 11.2. The van der Waals surface area contributed by atoms with Crippen molar-refractivity contribution in [2.75, 3.05) is 26.9 Å². The van der Waals surface area contributed by atoms with Crippen molar-refractivity contribution in [3.63, 3.8) is 0 Å². The average Bonchev–Trinajstić information content (AvgIpc) is 2.86. The summed E-state index contributed by atoms with van der Waals surface area (Å²) in [6.45, 7) is 2.53. The van der Waals surface area contributed by atoms with E-state index in [9.17, 15) is 4.79 Å². The van der Waals surface area contributed by atoms with Crippen LogP contribution in [0, 0.1) is 0 Å². The van der Waals surface area contributed by atoms with E-state index in [2.05, 4.69) is 9.64 Å². The molecule has 0 bridgehead atoms. The van der Waals surface area contributed by atoms with E-state index in [1.807, 2.05) is 6.20 Å². The third-order valence-corrected chi connectivity index (χ3v) is 2.78. The summed E-state index contributed by atoms with van der Waals surface area (Å²) in [5.41, 5.74) is 0.777. The lowest BCUT2D eigenvalue weighted by molar-refractivity contribution is -0.136. The first-order chi connectivity index (χ1) is 6.81. The van der Waals surface area contributed by atoms with Gasteiger partial charge in [0.25, 0.3) is 0 Å². The highest BCUT2D eigenvalue weighted by molar-refractivity contribution is 5.88. The minimum Gasteiger partial charge on any atom is -0.466 e. The van der Waals surface area contributed by atoms with Crippen LogP contribution in [0.1, 0.15) is 12.8 Å². The van der Waals surface area contributed by atoms with Gasteiger partial charge in [-0.25, -0.2) is 4.79 Å². The monoisotopic (exact) mass is 197 g/mol. The van der Waals surface area contributed by atoms with Gasteiger partial charge >= 0.3 is 5.97 Å². The molecule has 1 fully saturated rings. The van der Waals surface area contributed by atoms with E-state index < -0.39 is 0 Å². The third-order valence-electron chi connectivity index (χ3n) is 2.78. The number of carbonyl (C=O) groups excluding carboxylic acids is 1. The Morgan fingerprint density at radius 3 is 3.21 bits per heavy atom. The Morgan fingerprint density at radius 2 is 2.57 bits per heavy atom. The topological polar surface area (TPSA) is 38.8 Å². The van der Waals surface area contributed by atoms with Crippen LogP contribution >= 0.6 is 0 Å². The maximum atomic E-state index is 11.2. The molecule has 2 aliphatic heterocycles. The Hall–Kier alpha value is -1.03. The van der Waals surface area contributed by atoms with E-state index in [1.165, 1.54) is 7.11 Å². The molecule has 0 radical (unpaired) electrons. The standard InChI is InChI=1S/C10H15NO3/c1-13-10(12)8-2-4-11(6-8)9-3-5-14-7-9/h6,9H,2-5,7H2,1H3. The van der Waals surface area contributed by atoms with Gasteiger partial charge in [0.15, 0.2) is 0 Å². The molecule has 1 saturated heterocycles. The first-order valence-corrected chi connectivity index (χ1v) is 4.94. The number of esters is 1. The zero-order valence-electron chi connectivity index (χ0n) is 8.36. The van der Waals surface area contributed by atoms with Gasteiger partial charge in [-0.05, 0) is 12.8 Å². The molecule has 0 saturated carbocycles. The fourth-order valence-corrected chi connectivity index (χ4v) is 1.94. The van der Waals surface area contributed by atoms with Crippen molar-refractivity contribution < 1.29 is 14.3 Å². The number of methoxy groups -OCH3 is 1. The largest absolute Gasteiger partial charge is 0.466 e. The van der Waals surface area contributed by atoms with Gasteiger partial charge < -0.3 is 14.4 Å². The molecule has 0 amide bonds. The molecule has 0 N–H and O–H groups in total. The molecule has 0 spiro atoms. The summed E-state index contributed by atoms with van der Waals surface area (Å²) in [6, 6.07) is 0.456. The summed E-state index contributed by atoms with van der Waals surface area (Å²) in [5.74, 6) is -0.202. The van der Waals surface area contributed by atoms with Gasteiger partial charge in [-0.1, -0.05) is 0 Å². The molecule has 14 heavy (non-hydrogen) atoms. The highest BCUT2D eigenvalue weighted by Gasteiger charge is 2.26. The quantitative estimate of drug-likeness (QED) is 0.606. The molecular weight excluding hydrogens is 182 g/mol. The van der Waals surface area contributed by atoms with Crippen LogP contribution in [0.15, 0.2) is 11.8 Å². The first kappa shape index (κ1) is 9.52. The second kappa shape index (κ2) is 4.00. The summed E-state index contributed by atoms with van der Waals surface area (Å²) >= 11 is 0. The number of hydrogen-bond donors (Lipinski definition) is 0. The van der Waals surface area contributed by atoms with Gasteiger partial charge in [0.05, 0.1) is 25.3 Å². The highest BCUT2D eigenvalue weighted by Crippen LogP contribution is 2.21. The third kappa shape index (κ3) is 1.75. The van der Waals surface area contributed by atoms with Gasteiger partial charge in [0.2, 0.25) is 0 Å². The Morgan fingerprint density at radius 1 is 1.71 bits per heavy atom. The van der Waals surface area contributed by atoms with Crippen LogP contribution in [0.4, 0.5) is 0 Å². The van der Waals surface area contributed by atoms with Gasteiger partial charge in [0, 0.05) is 19.4 Å². The van der Waals surface area contributed by atoms with Crippen molar-refractivity contribution in [1.82, 2.24) is 4.90 Å². The molecule has 4 heteroatoms. The van der Waals surface area contributed by atoms with Crippen molar-refractivity contribution in [3.8, 4) is 0 Å². The molecule has 78 valence electrons. The molecule has 0 aromatic rings. The molecule has 0 aromatic heterocycles. The lowest BCUT2D eigenvalue weighted by atomic mass is 10.2. The van der Waals surface area contributed by atoms with E-state index in [4.69, 9.17) is 4.74 Å². The van der Waals surface area contributed by atoms with Gasteiger partial charge in [0.1, 0.15) is 0 Å². The van der Waals surface area contributed by atoms with Crippen molar-refractivity contribution in [2.45, 2.75) is 18.9 Å². The van der Waals surface area contributed by atoms with Crippen LogP contribution < -0.4 is 0 Å². The summed E-state index contributed by atoms with van der Waals surface area (Å²) in [6.07, 6.45) is 3.78. The zero-order valence-corrected chi connectivity index (χ0v) is 8.36. The lowest BCUT2D eigenvalue weighted by Crippen LogP contribution is -2.29. The predicted octanol–water partition coefficient (Wildman–Crippen LogP) is 0.538. The Kier molecular flexibility index (Phi) is 2.72. The van der Waals surface area contributed by atoms with Crippen molar-refractivity contribution in [3.05, 3.63) is 11.8 Å². The van der Waals surface area contributed by atoms with Crippen molar-refractivity contribution >= 4 is 5.97 Å². The van der Waals surface area contributed by atoms with Crippen LogP contribution in [0.25, 0.3) is 0 Å². The molecule has 1 atom stereocenters. The summed E-state index contributed by atoms with van der Waals surface area (Å²) in [7, 11) is 1.42. The number of ether oxygens (including phenoxy) is 2. The molecule has 2 heterocycles. The predicted molar refractivity (Wildman–Crippen MR) is 50.6 cm³/mol. The molecule has 2 rings (SSSR count). The van der Waals surface area contributed by atoms with E-state index in [1.54, 1.807) is 0 Å². The number of hydrogen-bond acceptors (Lipinski definition) is 4. The van der Waals surface area contributed by atoms with Crippen molar-refractivity contribution in [1.29, 1.82) is 0 Å². The highest BCUT2D eigenvalue weighted by atomic mass is 16.5. The molecular formula is C10H15NO3. The first-order valence-electron chi connectivity index (χ1n) is 4.94. The smallest absolute Gasteiger partial charge is 0.335 e. The van der Waals surface area contributed by atoms with Crippen LogP contribution in [-0.2, 0) is 14.3 Å². The minimum absolute atomic E-state index is 0.202. The normalized spacial score (nSPS) is 26.5. The molecule has 1 unspecified atom stereocenters. The van der Waals surface area contributed by atoms with Gasteiger partial charge in [-0.2, -0.15) is 0 Å². The Labute approximate surface area is 83.5 Å². The molecule has 2 aliphatic rings. The zero-order chi connectivity index (χ0) is 9.97. The van der Waals surface area contributed by atoms with Crippen LogP contribution in [-0.4, -0.2) is 43.8 Å². The number of nitrogens with zero attached hydrogens (tertiary/aromatic N) is 1. The SMILES string of the molecule is COC(=O)C1=CN(C2CCOC2)CC1. The fraction of sp³-hybridized carbons (Fsp3) is 0.700. The number of rotatable bonds is 2. The minimum atomic E-state index is -0.202. The second-order valence-electron chi connectivity index (χ2n) is 3.65. The molecule has 4 nitrogen and oxygen atoms in total. The Balaban J connectivity index is 1.97. The van der Waals surface area contributed by atoms with Crippen molar-refractivity contribution in [2.24, 2.45) is 0 Å². The summed E-state index contributed by atoms with van der Waals surface area (Å²) in [5, 5.41) is 0. The van der Waals surface area contributed by atoms with E-state index in [0.29, 0.717) is 6.04 Å².